The van der Waals surface area contributed by atoms with Crippen molar-refractivity contribution >= 4 is 29.5 Å². The van der Waals surface area contributed by atoms with Crippen LogP contribution in [0, 0.1) is 0 Å². The molecule has 0 unspecified atom stereocenters. The van der Waals surface area contributed by atoms with Crippen LogP contribution in [0.15, 0.2) is 52.2 Å². The lowest BCUT2D eigenvalue weighted by molar-refractivity contribution is 0.0950. The molecule has 0 fully saturated rings. The van der Waals surface area contributed by atoms with Crippen LogP contribution in [0.25, 0.3) is 17.1 Å². The monoisotopic (exact) mass is 468 g/mol. The molecule has 13 heteroatoms. The highest BCUT2D eigenvalue weighted by atomic mass is 35.5. The quantitative estimate of drug-likeness (QED) is 0.307. The van der Waals surface area contributed by atoms with Crippen molar-refractivity contribution in [2.75, 3.05) is 20.0 Å². The third-order valence-electron chi connectivity index (χ3n) is 4.52. The maximum absolute atomic E-state index is 12.9. The van der Waals surface area contributed by atoms with Gasteiger partial charge in [-0.1, -0.05) is 35.0 Å². The first-order chi connectivity index (χ1) is 16.0. The lowest BCUT2D eigenvalue weighted by Gasteiger charge is -2.08. The minimum atomic E-state index is -0.644. The molecule has 2 aromatic heterocycles. The fourth-order valence-electron chi connectivity index (χ4n) is 2.95. The maximum Gasteiger partial charge on any atom is 0.294 e. The lowest BCUT2D eigenvalue weighted by atomic mass is 10.1. The summed E-state index contributed by atoms with van der Waals surface area (Å²) in [5, 5.41) is 19.6. The average Bonchev–Trinajstić information content (AvgIpc) is 3.45. The number of anilines is 1. The zero-order chi connectivity index (χ0) is 23.4. The summed E-state index contributed by atoms with van der Waals surface area (Å²) in [5.41, 5.74) is 9.48. The highest BCUT2D eigenvalue weighted by Crippen LogP contribution is 2.31. The van der Waals surface area contributed by atoms with Crippen LogP contribution in [0.3, 0.4) is 0 Å². The first kappa shape index (κ1) is 21.8. The molecule has 0 atom stereocenters. The van der Waals surface area contributed by atoms with Crippen molar-refractivity contribution < 1.29 is 18.9 Å². The van der Waals surface area contributed by atoms with E-state index < -0.39 is 5.91 Å². The summed E-state index contributed by atoms with van der Waals surface area (Å²) in [6.45, 7) is 0. The molecule has 2 heterocycles. The van der Waals surface area contributed by atoms with Gasteiger partial charge in [-0.05, 0) is 28.5 Å². The predicted octanol–water partition coefficient (Wildman–Crippen LogP) is 2.33. The SMILES string of the molecule is COc1ccc(/C=N/NC(=O)c2nnn(-c3nonc3N)c2-c2ccccc2Cl)c(OC)c1. The maximum atomic E-state index is 12.9. The largest absolute Gasteiger partial charge is 0.497 e. The molecule has 0 aliphatic carbocycles. The van der Waals surface area contributed by atoms with E-state index >= 15 is 0 Å². The first-order valence-corrected chi connectivity index (χ1v) is 9.75. The van der Waals surface area contributed by atoms with E-state index in [1.165, 1.54) is 18.0 Å². The predicted molar refractivity (Wildman–Crippen MR) is 119 cm³/mol. The van der Waals surface area contributed by atoms with Crippen LogP contribution in [0.2, 0.25) is 5.02 Å². The van der Waals surface area contributed by atoms with Crippen molar-refractivity contribution in [2.45, 2.75) is 0 Å². The Labute approximate surface area is 191 Å². The topological polar surface area (TPSA) is 156 Å². The second-order valence-electron chi connectivity index (χ2n) is 6.46. The summed E-state index contributed by atoms with van der Waals surface area (Å²) in [6.07, 6.45) is 1.43. The Hall–Kier alpha value is -4.45. The number of aromatic nitrogens is 5. The fraction of sp³-hybridized carbons (Fsp3) is 0.100. The van der Waals surface area contributed by atoms with Crippen LogP contribution in [0.1, 0.15) is 16.1 Å². The van der Waals surface area contributed by atoms with E-state index in [-0.39, 0.29) is 23.0 Å². The first-order valence-electron chi connectivity index (χ1n) is 9.38. The molecule has 12 nitrogen and oxygen atoms in total. The van der Waals surface area contributed by atoms with Crippen LogP contribution in [-0.4, -0.2) is 51.6 Å². The molecule has 0 spiro atoms. The standard InChI is InChI=1S/C20H17ClN8O4/c1-31-12-8-7-11(15(9-12)32-2)10-23-25-20(30)16-17(13-5-3-4-6-14(13)21)29(28-24-16)19-18(22)26-33-27-19/h3-10H,1-2H3,(H2,22,26)(H,25,30)/b23-10+. The molecule has 1 amide bonds. The Morgan fingerprint density at radius 1 is 1.21 bits per heavy atom. The van der Waals surface area contributed by atoms with E-state index in [9.17, 15) is 4.79 Å². The van der Waals surface area contributed by atoms with Gasteiger partial charge in [0, 0.05) is 17.2 Å². The number of benzene rings is 2. The molecule has 3 N–H and O–H groups in total. The van der Waals surface area contributed by atoms with Gasteiger partial charge in [0.25, 0.3) is 5.91 Å². The number of ether oxygens (including phenoxy) is 2. The van der Waals surface area contributed by atoms with Crippen molar-refractivity contribution in [1.82, 2.24) is 30.7 Å². The van der Waals surface area contributed by atoms with Gasteiger partial charge in [-0.2, -0.15) is 9.78 Å². The number of hydrogen-bond donors (Lipinski definition) is 2. The third-order valence-corrected chi connectivity index (χ3v) is 4.85. The molecule has 4 aromatic rings. The fourth-order valence-corrected chi connectivity index (χ4v) is 3.18. The normalized spacial score (nSPS) is 11.0. The molecular formula is C20H17ClN8O4. The number of nitrogens with zero attached hydrogens (tertiary/aromatic N) is 6. The van der Waals surface area contributed by atoms with E-state index in [0.29, 0.717) is 27.6 Å². The van der Waals surface area contributed by atoms with E-state index in [1.807, 2.05) is 0 Å². The minimum Gasteiger partial charge on any atom is -0.497 e. The molecule has 2 aromatic carbocycles. The number of methoxy groups -OCH3 is 2. The van der Waals surface area contributed by atoms with E-state index in [1.54, 1.807) is 49.6 Å². The second-order valence-corrected chi connectivity index (χ2v) is 6.87. The smallest absolute Gasteiger partial charge is 0.294 e. The number of nitrogen functional groups attached to an aromatic ring is 1. The number of hydrogen-bond acceptors (Lipinski definition) is 10. The van der Waals surface area contributed by atoms with Crippen molar-refractivity contribution in [3.63, 3.8) is 0 Å². The van der Waals surface area contributed by atoms with Crippen LogP contribution < -0.4 is 20.6 Å². The summed E-state index contributed by atoms with van der Waals surface area (Å²) in [7, 11) is 3.07. The molecule has 0 saturated heterocycles. The van der Waals surface area contributed by atoms with Crippen LogP contribution in [0.5, 0.6) is 11.5 Å². The number of amides is 1. The summed E-state index contributed by atoms with van der Waals surface area (Å²) in [5.74, 6) is 0.516. The van der Waals surface area contributed by atoms with Gasteiger partial charge in [0.15, 0.2) is 5.69 Å². The highest BCUT2D eigenvalue weighted by Gasteiger charge is 2.26. The number of halogens is 1. The molecule has 33 heavy (non-hydrogen) atoms. The van der Waals surface area contributed by atoms with Gasteiger partial charge in [-0.25, -0.2) is 10.1 Å². The molecule has 0 aliphatic heterocycles. The van der Waals surface area contributed by atoms with E-state index in [4.69, 9.17) is 26.8 Å². The lowest BCUT2D eigenvalue weighted by Crippen LogP contribution is -2.19. The highest BCUT2D eigenvalue weighted by molar-refractivity contribution is 6.33. The Morgan fingerprint density at radius 3 is 2.73 bits per heavy atom. The van der Waals surface area contributed by atoms with Gasteiger partial charge in [-0.3, -0.25) is 4.79 Å². The summed E-state index contributed by atoms with van der Waals surface area (Å²) < 4.78 is 16.4. The molecular weight excluding hydrogens is 452 g/mol. The Kier molecular flexibility index (Phi) is 6.17. The third kappa shape index (κ3) is 4.32. The summed E-state index contributed by atoms with van der Waals surface area (Å²) in [6, 6.07) is 12.0. The van der Waals surface area contributed by atoms with Crippen molar-refractivity contribution in [3.05, 3.63) is 58.7 Å². The van der Waals surface area contributed by atoms with Crippen LogP contribution >= 0.6 is 11.6 Å². The Bertz CT molecular complexity index is 1330. The zero-order valence-corrected chi connectivity index (χ0v) is 18.1. The molecule has 0 saturated carbocycles. The molecule has 0 bridgehead atoms. The Morgan fingerprint density at radius 2 is 2.03 bits per heavy atom. The summed E-state index contributed by atoms with van der Waals surface area (Å²) in [4.78, 5) is 12.9. The van der Waals surface area contributed by atoms with Gasteiger partial charge in [0.05, 0.1) is 25.5 Å². The molecule has 4 rings (SSSR count). The minimum absolute atomic E-state index is 0.0372. The van der Waals surface area contributed by atoms with E-state index in [2.05, 4.69) is 35.8 Å². The van der Waals surface area contributed by atoms with Crippen LogP contribution in [-0.2, 0) is 0 Å². The number of carbonyl (C=O) groups is 1. The van der Waals surface area contributed by atoms with Gasteiger partial charge in [-0.15, -0.1) is 5.10 Å². The van der Waals surface area contributed by atoms with Gasteiger partial charge >= 0.3 is 0 Å². The zero-order valence-electron chi connectivity index (χ0n) is 17.4. The van der Waals surface area contributed by atoms with Gasteiger partial charge in [0.1, 0.15) is 17.2 Å². The molecule has 168 valence electrons. The average molecular weight is 469 g/mol. The van der Waals surface area contributed by atoms with Crippen molar-refractivity contribution in [3.8, 4) is 28.6 Å². The second kappa shape index (κ2) is 9.36. The van der Waals surface area contributed by atoms with Gasteiger partial charge < -0.3 is 15.2 Å². The number of nitrogens with two attached hydrogens (primary N) is 1. The number of carbonyl (C=O) groups excluding carboxylic acids is 1. The van der Waals surface area contributed by atoms with Gasteiger partial charge in [0.2, 0.25) is 11.6 Å². The van der Waals surface area contributed by atoms with Crippen molar-refractivity contribution in [1.29, 1.82) is 0 Å². The van der Waals surface area contributed by atoms with Crippen molar-refractivity contribution in [2.24, 2.45) is 5.10 Å². The molecule has 0 radical (unpaired) electrons. The summed E-state index contributed by atoms with van der Waals surface area (Å²) >= 11 is 6.36. The molecule has 0 aliphatic rings. The van der Waals surface area contributed by atoms with Crippen LogP contribution in [0.4, 0.5) is 5.82 Å². The Balaban J connectivity index is 1.68. The van der Waals surface area contributed by atoms with E-state index in [0.717, 1.165) is 0 Å². The number of rotatable bonds is 7. The number of nitrogens with one attached hydrogen (secondary N) is 1. The number of hydrazone groups is 1.